The van der Waals surface area contributed by atoms with Crippen LogP contribution in [0, 0.1) is 18.8 Å². The molecule has 1 aromatic rings. The van der Waals surface area contributed by atoms with E-state index < -0.39 is 43.1 Å². The van der Waals surface area contributed by atoms with Gasteiger partial charge in [0.15, 0.2) is 0 Å². The van der Waals surface area contributed by atoms with Crippen LogP contribution in [0.3, 0.4) is 0 Å². The van der Waals surface area contributed by atoms with Crippen molar-refractivity contribution in [1.82, 2.24) is 4.90 Å². The number of alkyl halides is 3. The second kappa shape index (κ2) is 7.20. The fraction of sp³-hybridized carbons (Fsp3) is 0.500. The molecule has 2 amide bonds. The molecule has 0 bridgehead atoms. The van der Waals surface area contributed by atoms with Crippen molar-refractivity contribution in [1.29, 1.82) is 0 Å². The standard InChI is InChI=1S/C16H19F3N2O4/c1-3-25-13-6-10(5-4-9(13)2)20-15(24)21-7-11(14(22)23)12(8-21)16(17,18)19/h4-6,11-12H,3,7-8H2,1-2H3,(H,20,24)(H,22,23)/t11-,12-/m1/s1. The van der Waals surface area contributed by atoms with Gasteiger partial charge in [-0.15, -0.1) is 0 Å². The zero-order valence-corrected chi connectivity index (χ0v) is 13.8. The van der Waals surface area contributed by atoms with Gasteiger partial charge in [-0.3, -0.25) is 4.79 Å². The summed E-state index contributed by atoms with van der Waals surface area (Å²) in [7, 11) is 0. The third-order valence-corrected chi connectivity index (χ3v) is 4.08. The van der Waals surface area contributed by atoms with Gasteiger partial charge in [-0.05, 0) is 25.5 Å². The molecule has 2 rings (SSSR count). The number of carbonyl (C=O) groups excluding carboxylic acids is 1. The maximum absolute atomic E-state index is 13.0. The minimum atomic E-state index is -4.68. The molecule has 0 saturated carbocycles. The van der Waals surface area contributed by atoms with Gasteiger partial charge in [-0.25, -0.2) is 4.79 Å². The number of halogens is 3. The third-order valence-electron chi connectivity index (χ3n) is 4.08. The Hall–Kier alpha value is -2.45. The Kier molecular flexibility index (Phi) is 5.44. The van der Waals surface area contributed by atoms with E-state index in [1.54, 1.807) is 25.1 Å². The van der Waals surface area contributed by atoms with E-state index in [1.807, 2.05) is 6.92 Å². The molecule has 1 heterocycles. The van der Waals surface area contributed by atoms with Crippen LogP contribution in [-0.4, -0.2) is 47.9 Å². The normalized spacial score (nSPS) is 20.4. The highest BCUT2D eigenvalue weighted by Crippen LogP contribution is 2.38. The van der Waals surface area contributed by atoms with Crippen molar-refractivity contribution in [2.45, 2.75) is 20.0 Å². The zero-order chi connectivity index (χ0) is 18.8. The zero-order valence-electron chi connectivity index (χ0n) is 13.8. The smallest absolute Gasteiger partial charge is 0.394 e. The molecule has 9 heteroatoms. The van der Waals surface area contributed by atoms with Gasteiger partial charge in [-0.2, -0.15) is 13.2 Å². The summed E-state index contributed by atoms with van der Waals surface area (Å²) in [5.74, 6) is -4.75. The van der Waals surface area contributed by atoms with Crippen LogP contribution in [0.5, 0.6) is 5.75 Å². The number of aryl methyl sites for hydroxylation is 1. The first-order valence-corrected chi connectivity index (χ1v) is 7.72. The van der Waals surface area contributed by atoms with Gasteiger partial charge in [0, 0.05) is 24.8 Å². The average molecular weight is 360 g/mol. The van der Waals surface area contributed by atoms with Crippen LogP contribution in [0.1, 0.15) is 12.5 Å². The van der Waals surface area contributed by atoms with Crippen LogP contribution in [0.25, 0.3) is 0 Å². The number of hydrogen-bond donors (Lipinski definition) is 2. The number of amides is 2. The van der Waals surface area contributed by atoms with Crippen LogP contribution >= 0.6 is 0 Å². The third kappa shape index (κ3) is 4.34. The molecule has 0 unspecified atom stereocenters. The Morgan fingerprint density at radius 2 is 2.04 bits per heavy atom. The second-order valence-electron chi connectivity index (χ2n) is 5.84. The van der Waals surface area contributed by atoms with Gasteiger partial charge in [0.05, 0.1) is 18.4 Å². The van der Waals surface area contributed by atoms with Crippen LogP contribution in [0.15, 0.2) is 18.2 Å². The van der Waals surface area contributed by atoms with Crippen molar-refractivity contribution in [3.63, 3.8) is 0 Å². The van der Waals surface area contributed by atoms with Gasteiger partial charge >= 0.3 is 18.2 Å². The lowest BCUT2D eigenvalue weighted by molar-refractivity contribution is -0.187. The van der Waals surface area contributed by atoms with E-state index in [9.17, 15) is 22.8 Å². The first-order valence-electron chi connectivity index (χ1n) is 7.72. The highest BCUT2D eigenvalue weighted by molar-refractivity contribution is 5.90. The van der Waals surface area contributed by atoms with Crippen LogP contribution < -0.4 is 10.1 Å². The summed E-state index contributed by atoms with van der Waals surface area (Å²) in [6, 6.07) is 4.11. The molecular weight excluding hydrogens is 341 g/mol. The largest absolute Gasteiger partial charge is 0.494 e. The summed E-state index contributed by atoms with van der Waals surface area (Å²) in [4.78, 5) is 24.2. The number of hydrogen-bond acceptors (Lipinski definition) is 3. The molecule has 138 valence electrons. The molecular formula is C16H19F3N2O4. The van der Waals surface area contributed by atoms with Gasteiger partial charge in [0.1, 0.15) is 5.75 Å². The van der Waals surface area contributed by atoms with Crippen molar-refractivity contribution in [3.05, 3.63) is 23.8 Å². The van der Waals surface area contributed by atoms with Crippen LogP contribution in [0.4, 0.5) is 23.7 Å². The van der Waals surface area contributed by atoms with E-state index >= 15 is 0 Å². The molecule has 2 atom stereocenters. The van der Waals surface area contributed by atoms with Gasteiger partial charge in [-0.1, -0.05) is 6.07 Å². The first-order chi connectivity index (χ1) is 11.6. The fourth-order valence-electron chi connectivity index (χ4n) is 2.74. The Morgan fingerprint density at radius 1 is 1.36 bits per heavy atom. The number of anilines is 1. The lowest BCUT2D eigenvalue weighted by Gasteiger charge is -2.19. The molecule has 0 spiro atoms. The van der Waals surface area contributed by atoms with Crippen molar-refractivity contribution >= 4 is 17.7 Å². The van der Waals surface area contributed by atoms with Gasteiger partial charge in [0.2, 0.25) is 0 Å². The number of nitrogens with one attached hydrogen (secondary N) is 1. The Morgan fingerprint density at radius 3 is 2.56 bits per heavy atom. The van der Waals surface area contributed by atoms with E-state index in [4.69, 9.17) is 9.84 Å². The molecule has 1 saturated heterocycles. The maximum atomic E-state index is 13.0. The predicted octanol–water partition coefficient (Wildman–Crippen LogP) is 3.12. The molecule has 1 aliphatic rings. The number of carboxylic acid groups (broad SMARTS) is 1. The summed E-state index contributed by atoms with van der Waals surface area (Å²) in [5.41, 5.74) is 1.21. The van der Waals surface area contributed by atoms with E-state index in [-0.39, 0.29) is 0 Å². The SMILES string of the molecule is CCOc1cc(NC(=O)N2C[C@@H](C(F)(F)F)[C@H](C(=O)O)C2)ccc1C. The molecule has 1 aromatic carbocycles. The molecule has 6 nitrogen and oxygen atoms in total. The second-order valence-corrected chi connectivity index (χ2v) is 5.84. The first kappa shape index (κ1) is 18.9. The highest BCUT2D eigenvalue weighted by atomic mass is 19.4. The number of likely N-dealkylation sites (tertiary alicyclic amines) is 1. The minimum Gasteiger partial charge on any atom is -0.494 e. The Balaban J connectivity index is 2.11. The highest BCUT2D eigenvalue weighted by Gasteiger charge is 2.53. The number of carbonyl (C=O) groups is 2. The summed E-state index contributed by atoms with van der Waals surface area (Å²) in [6.45, 7) is 2.88. The average Bonchev–Trinajstić information content (AvgIpc) is 2.97. The number of nitrogens with zero attached hydrogens (tertiary/aromatic N) is 1. The number of rotatable bonds is 4. The minimum absolute atomic E-state index is 0.362. The van der Waals surface area contributed by atoms with E-state index in [1.165, 1.54) is 0 Å². The number of carboxylic acids is 1. The number of urea groups is 1. The van der Waals surface area contributed by atoms with Crippen molar-refractivity contribution < 1.29 is 32.6 Å². The molecule has 1 aliphatic heterocycles. The van der Waals surface area contributed by atoms with Crippen LogP contribution in [0.2, 0.25) is 0 Å². The molecule has 2 N–H and O–H groups in total. The number of ether oxygens (including phenoxy) is 1. The summed E-state index contributed by atoms with van der Waals surface area (Å²) < 4.78 is 44.3. The fourth-order valence-corrected chi connectivity index (χ4v) is 2.74. The monoisotopic (exact) mass is 360 g/mol. The Labute approximate surface area is 142 Å². The van der Waals surface area contributed by atoms with E-state index in [0.717, 1.165) is 10.5 Å². The van der Waals surface area contributed by atoms with Crippen molar-refractivity contribution in [3.8, 4) is 5.75 Å². The number of benzene rings is 1. The van der Waals surface area contributed by atoms with Crippen molar-refractivity contribution in [2.75, 3.05) is 25.0 Å². The maximum Gasteiger partial charge on any atom is 0.394 e. The summed E-state index contributed by atoms with van der Waals surface area (Å²) in [6.07, 6.45) is -4.68. The summed E-state index contributed by atoms with van der Waals surface area (Å²) >= 11 is 0. The van der Waals surface area contributed by atoms with Gasteiger partial charge in [0.25, 0.3) is 0 Å². The molecule has 0 radical (unpaired) electrons. The predicted molar refractivity (Wildman–Crippen MR) is 83.6 cm³/mol. The lowest BCUT2D eigenvalue weighted by Crippen LogP contribution is -2.35. The quantitative estimate of drug-likeness (QED) is 0.865. The van der Waals surface area contributed by atoms with E-state index in [2.05, 4.69) is 5.32 Å². The topological polar surface area (TPSA) is 78.9 Å². The molecule has 25 heavy (non-hydrogen) atoms. The molecule has 1 fully saturated rings. The molecule has 0 aromatic heterocycles. The van der Waals surface area contributed by atoms with Crippen LogP contribution in [-0.2, 0) is 4.79 Å². The molecule has 0 aliphatic carbocycles. The van der Waals surface area contributed by atoms with Gasteiger partial charge < -0.3 is 20.1 Å². The van der Waals surface area contributed by atoms with E-state index in [0.29, 0.717) is 18.0 Å². The Bertz CT molecular complexity index is 663. The van der Waals surface area contributed by atoms with Crippen molar-refractivity contribution in [2.24, 2.45) is 11.8 Å². The lowest BCUT2D eigenvalue weighted by atomic mass is 9.96. The summed E-state index contributed by atoms with van der Waals surface area (Å²) in [5, 5.41) is 11.5. The number of aliphatic carboxylic acids is 1.